The largest absolute Gasteiger partial charge is 0.280 e. The summed E-state index contributed by atoms with van der Waals surface area (Å²) in [6, 6.07) is 15.8. The number of carbonyl (C=O) groups excluding carboxylic acids is 1. The number of hydrogen-bond donors (Lipinski definition) is 0. The molecule has 0 saturated heterocycles. The molecular formula is C19H18N2O. The minimum atomic E-state index is -0.0791. The summed E-state index contributed by atoms with van der Waals surface area (Å²) in [4.78, 5) is 12.7. The number of rotatable bonds is 2. The van der Waals surface area contributed by atoms with E-state index < -0.39 is 0 Å². The molecule has 1 aliphatic heterocycles. The molecule has 1 amide bonds. The third kappa shape index (κ3) is 2.58. The smallest absolute Gasteiger partial charge is 0.267 e. The number of carbonyl (C=O) groups is 1. The normalized spacial score (nSPS) is 16.3. The summed E-state index contributed by atoms with van der Waals surface area (Å²) in [7, 11) is 0. The zero-order valence-corrected chi connectivity index (χ0v) is 13.0. The maximum absolute atomic E-state index is 12.7. The number of hydrazone groups is 1. The summed E-state index contributed by atoms with van der Waals surface area (Å²) in [5.41, 5.74) is 5.55. The number of amides is 1. The first-order valence-electron chi connectivity index (χ1n) is 7.30. The molecule has 0 aromatic heterocycles. The molecule has 0 N–H and O–H groups in total. The second-order valence-electron chi connectivity index (χ2n) is 5.54. The number of benzene rings is 2. The van der Waals surface area contributed by atoms with Crippen molar-refractivity contribution in [1.82, 2.24) is 0 Å². The number of nitrogens with zero attached hydrogens (tertiary/aromatic N) is 2. The Bertz CT molecular complexity index is 788. The summed E-state index contributed by atoms with van der Waals surface area (Å²) in [5, 5.41) is 5.90. The molecule has 3 rings (SSSR count). The lowest BCUT2D eigenvalue weighted by molar-refractivity contribution is -0.114. The fourth-order valence-corrected chi connectivity index (χ4v) is 2.43. The molecule has 2 aromatic carbocycles. The van der Waals surface area contributed by atoms with Crippen LogP contribution in [0.5, 0.6) is 0 Å². The average Bonchev–Trinajstić information content (AvgIpc) is 2.79. The topological polar surface area (TPSA) is 32.7 Å². The Labute approximate surface area is 130 Å². The van der Waals surface area contributed by atoms with Crippen molar-refractivity contribution in [3.8, 4) is 0 Å². The van der Waals surface area contributed by atoms with E-state index in [4.69, 9.17) is 0 Å². The third-order valence-corrected chi connectivity index (χ3v) is 3.91. The van der Waals surface area contributed by atoms with E-state index in [1.54, 1.807) is 0 Å². The van der Waals surface area contributed by atoms with Gasteiger partial charge in [0.1, 0.15) is 0 Å². The first-order valence-corrected chi connectivity index (χ1v) is 7.30. The average molecular weight is 290 g/mol. The van der Waals surface area contributed by atoms with Gasteiger partial charge in [-0.05, 0) is 55.7 Å². The molecule has 2 aromatic rings. The van der Waals surface area contributed by atoms with Gasteiger partial charge < -0.3 is 0 Å². The number of anilines is 1. The second-order valence-corrected chi connectivity index (χ2v) is 5.54. The number of hydrogen-bond acceptors (Lipinski definition) is 2. The van der Waals surface area contributed by atoms with Crippen LogP contribution in [0.25, 0.3) is 6.08 Å². The fraction of sp³-hybridized carbons (Fsp3) is 0.158. The van der Waals surface area contributed by atoms with E-state index >= 15 is 0 Å². The molecular weight excluding hydrogens is 272 g/mol. The van der Waals surface area contributed by atoms with Gasteiger partial charge in [-0.25, -0.2) is 0 Å². The standard InChI is InChI=1S/C19H18N2O/c1-13-9-10-17(11-14(13)2)21-19(22)18(15(3)20-21)12-16-7-5-4-6-8-16/h4-12H,1-3H3/b18-12-. The van der Waals surface area contributed by atoms with Gasteiger partial charge >= 0.3 is 0 Å². The highest BCUT2D eigenvalue weighted by molar-refractivity contribution is 6.32. The van der Waals surface area contributed by atoms with Gasteiger partial charge in [-0.1, -0.05) is 36.4 Å². The molecule has 0 atom stereocenters. The maximum Gasteiger partial charge on any atom is 0.280 e. The van der Waals surface area contributed by atoms with Crippen molar-refractivity contribution in [3.05, 3.63) is 70.8 Å². The molecule has 0 bridgehead atoms. The zero-order chi connectivity index (χ0) is 15.7. The highest BCUT2D eigenvalue weighted by atomic mass is 16.2. The van der Waals surface area contributed by atoms with E-state index in [2.05, 4.69) is 12.0 Å². The number of aryl methyl sites for hydroxylation is 2. The van der Waals surface area contributed by atoms with Crippen LogP contribution < -0.4 is 5.01 Å². The van der Waals surface area contributed by atoms with Gasteiger partial charge in [0.25, 0.3) is 5.91 Å². The molecule has 0 radical (unpaired) electrons. The first kappa shape index (κ1) is 14.3. The van der Waals surface area contributed by atoms with Crippen LogP contribution in [0.2, 0.25) is 0 Å². The lowest BCUT2D eigenvalue weighted by atomic mass is 10.1. The van der Waals surface area contributed by atoms with E-state index in [1.165, 1.54) is 10.6 Å². The molecule has 0 spiro atoms. The predicted octanol–water partition coefficient (Wildman–Crippen LogP) is 4.11. The monoisotopic (exact) mass is 290 g/mol. The molecule has 3 heteroatoms. The second kappa shape index (κ2) is 5.60. The van der Waals surface area contributed by atoms with Gasteiger partial charge in [0.2, 0.25) is 0 Å². The van der Waals surface area contributed by atoms with Crippen LogP contribution in [0.4, 0.5) is 5.69 Å². The van der Waals surface area contributed by atoms with E-state index in [0.29, 0.717) is 5.57 Å². The maximum atomic E-state index is 12.7. The lowest BCUT2D eigenvalue weighted by Gasteiger charge is -2.13. The summed E-state index contributed by atoms with van der Waals surface area (Å²) in [6.45, 7) is 5.96. The Morgan fingerprint density at radius 1 is 0.955 bits per heavy atom. The Morgan fingerprint density at radius 3 is 2.36 bits per heavy atom. The molecule has 1 aliphatic rings. The highest BCUT2D eigenvalue weighted by Crippen LogP contribution is 2.26. The van der Waals surface area contributed by atoms with Crippen LogP contribution in [0.15, 0.2) is 59.2 Å². The van der Waals surface area contributed by atoms with Crippen molar-refractivity contribution in [2.75, 3.05) is 5.01 Å². The van der Waals surface area contributed by atoms with Crippen LogP contribution in [0.3, 0.4) is 0 Å². The van der Waals surface area contributed by atoms with Gasteiger partial charge in [0, 0.05) is 0 Å². The highest BCUT2D eigenvalue weighted by Gasteiger charge is 2.28. The molecule has 22 heavy (non-hydrogen) atoms. The van der Waals surface area contributed by atoms with E-state index in [9.17, 15) is 4.79 Å². The quantitative estimate of drug-likeness (QED) is 0.766. The Morgan fingerprint density at radius 2 is 1.68 bits per heavy atom. The van der Waals surface area contributed by atoms with Crippen molar-refractivity contribution in [3.63, 3.8) is 0 Å². The lowest BCUT2D eigenvalue weighted by Crippen LogP contribution is -2.21. The molecule has 0 fully saturated rings. The van der Waals surface area contributed by atoms with Crippen LogP contribution in [-0.2, 0) is 4.79 Å². The van der Waals surface area contributed by atoms with Crippen LogP contribution >= 0.6 is 0 Å². The fourth-order valence-electron chi connectivity index (χ4n) is 2.43. The van der Waals surface area contributed by atoms with Crippen LogP contribution in [0, 0.1) is 13.8 Å². The van der Waals surface area contributed by atoms with Crippen molar-refractivity contribution in [2.45, 2.75) is 20.8 Å². The first-order chi connectivity index (χ1) is 10.6. The Hall–Kier alpha value is -2.68. The molecule has 1 heterocycles. The molecule has 110 valence electrons. The van der Waals surface area contributed by atoms with Crippen molar-refractivity contribution < 1.29 is 4.79 Å². The zero-order valence-electron chi connectivity index (χ0n) is 13.0. The summed E-state index contributed by atoms with van der Waals surface area (Å²) >= 11 is 0. The SMILES string of the molecule is CC1=NN(c2ccc(C)c(C)c2)C(=O)/C1=C\c1ccccc1. The van der Waals surface area contributed by atoms with Crippen molar-refractivity contribution in [2.24, 2.45) is 5.10 Å². The minimum absolute atomic E-state index is 0.0791. The third-order valence-electron chi connectivity index (χ3n) is 3.91. The predicted molar refractivity (Wildman–Crippen MR) is 90.9 cm³/mol. The molecule has 3 nitrogen and oxygen atoms in total. The van der Waals surface area contributed by atoms with E-state index in [1.807, 2.05) is 68.5 Å². The van der Waals surface area contributed by atoms with E-state index in [-0.39, 0.29) is 5.91 Å². The van der Waals surface area contributed by atoms with E-state index in [0.717, 1.165) is 22.5 Å². The summed E-state index contributed by atoms with van der Waals surface area (Å²) in [5.74, 6) is -0.0791. The van der Waals surface area contributed by atoms with Gasteiger partial charge in [-0.2, -0.15) is 10.1 Å². The Kier molecular flexibility index (Phi) is 3.63. The summed E-state index contributed by atoms with van der Waals surface area (Å²) < 4.78 is 0. The summed E-state index contributed by atoms with van der Waals surface area (Å²) in [6.07, 6.45) is 1.89. The van der Waals surface area contributed by atoms with Crippen LogP contribution in [0.1, 0.15) is 23.6 Å². The van der Waals surface area contributed by atoms with Gasteiger partial charge in [0.05, 0.1) is 17.0 Å². The minimum Gasteiger partial charge on any atom is -0.267 e. The molecule has 0 aliphatic carbocycles. The molecule has 0 saturated carbocycles. The van der Waals surface area contributed by atoms with Crippen LogP contribution in [-0.4, -0.2) is 11.6 Å². The Balaban J connectivity index is 1.96. The van der Waals surface area contributed by atoms with Crippen molar-refractivity contribution >= 4 is 23.4 Å². The van der Waals surface area contributed by atoms with Gasteiger partial charge in [0.15, 0.2) is 0 Å². The van der Waals surface area contributed by atoms with Gasteiger partial charge in [-0.15, -0.1) is 0 Å². The van der Waals surface area contributed by atoms with Gasteiger partial charge in [-0.3, -0.25) is 4.79 Å². The van der Waals surface area contributed by atoms with Crippen molar-refractivity contribution in [1.29, 1.82) is 0 Å². The molecule has 0 unspecified atom stereocenters.